The zero-order chi connectivity index (χ0) is 16.2. The number of ether oxygens (including phenoxy) is 1. The maximum Gasteiger partial charge on any atom is 0.407 e. The van der Waals surface area contributed by atoms with E-state index in [0.29, 0.717) is 25.3 Å². The minimum absolute atomic E-state index is 0.255. The summed E-state index contributed by atoms with van der Waals surface area (Å²) in [7, 11) is 0. The summed E-state index contributed by atoms with van der Waals surface area (Å²) in [6.45, 7) is 2.82. The Morgan fingerprint density at radius 1 is 1.23 bits per heavy atom. The van der Waals surface area contributed by atoms with E-state index < -0.39 is 12.1 Å². The molecule has 0 aliphatic heterocycles. The van der Waals surface area contributed by atoms with Gasteiger partial charge < -0.3 is 14.3 Å². The number of amides is 1. The average Bonchev–Trinajstić information content (AvgIpc) is 2.56. The minimum Gasteiger partial charge on any atom is -0.445 e. The first-order valence-electron chi connectivity index (χ1n) is 7.41. The van der Waals surface area contributed by atoms with Gasteiger partial charge in [-0.15, -0.1) is 0 Å². The smallest absolute Gasteiger partial charge is 0.407 e. The van der Waals surface area contributed by atoms with Gasteiger partial charge in [0.05, 0.1) is 0 Å². The largest absolute Gasteiger partial charge is 0.445 e. The van der Waals surface area contributed by atoms with Crippen LogP contribution in [0.5, 0.6) is 0 Å². The predicted octanol–water partition coefficient (Wildman–Crippen LogP) is 3.81. The molecule has 0 aromatic heterocycles. The van der Waals surface area contributed by atoms with Gasteiger partial charge in [-0.2, -0.15) is 0 Å². The van der Waals surface area contributed by atoms with Crippen LogP contribution in [-0.4, -0.2) is 18.6 Å². The lowest BCUT2D eigenvalue weighted by Gasteiger charge is -2.14. The molecule has 5 nitrogen and oxygen atoms in total. The fourth-order valence-corrected chi connectivity index (χ4v) is 2.14. The van der Waals surface area contributed by atoms with Gasteiger partial charge in [0.25, 0.3) is 0 Å². The molecule has 0 spiro atoms. The third kappa shape index (κ3) is 7.88. The Labute approximate surface area is 136 Å². The molecular formula is C16H22ClNO4. The molecule has 1 amide bonds. The summed E-state index contributed by atoms with van der Waals surface area (Å²) >= 11 is 4.99. The number of carbonyl (C=O) groups excluding carboxylic acids is 2. The molecule has 0 saturated carbocycles. The van der Waals surface area contributed by atoms with Crippen molar-refractivity contribution >= 4 is 23.9 Å². The van der Waals surface area contributed by atoms with Crippen LogP contribution in [0.2, 0.25) is 0 Å². The molecule has 0 heterocycles. The summed E-state index contributed by atoms with van der Waals surface area (Å²) in [5, 5.41) is 2.72. The summed E-state index contributed by atoms with van der Waals surface area (Å²) < 4.78 is 9.22. The van der Waals surface area contributed by atoms with Crippen LogP contribution in [0.3, 0.4) is 0 Å². The van der Waals surface area contributed by atoms with Gasteiger partial charge in [-0.3, -0.25) is 4.79 Å². The van der Waals surface area contributed by atoms with Gasteiger partial charge in [-0.25, -0.2) is 4.79 Å². The van der Waals surface area contributed by atoms with E-state index >= 15 is 0 Å². The van der Waals surface area contributed by atoms with Crippen molar-refractivity contribution in [2.45, 2.75) is 39.2 Å². The molecule has 22 heavy (non-hydrogen) atoms. The van der Waals surface area contributed by atoms with Crippen LogP contribution >= 0.6 is 11.9 Å². The Hall–Kier alpha value is -1.75. The van der Waals surface area contributed by atoms with Crippen LogP contribution in [0, 0.1) is 5.92 Å². The lowest BCUT2D eigenvalue weighted by atomic mass is 9.97. The highest BCUT2D eigenvalue weighted by Gasteiger charge is 2.11. The molecule has 1 aromatic carbocycles. The fraction of sp³-hybridized carbons (Fsp3) is 0.500. The van der Waals surface area contributed by atoms with Crippen molar-refractivity contribution in [3.63, 3.8) is 0 Å². The first-order chi connectivity index (χ1) is 10.7. The molecule has 0 radical (unpaired) electrons. The van der Waals surface area contributed by atoms with Crippen LogP contribution in [-0.2, 0) is 20.4 Å². The third-order valence-corrected chi connectivity index (χ3v) is 3.63. The lowest BCUT2D eigenvalue weighted by Crippen LogP contribution is -2.26. The number of alkyl carbamates (subject to hydrolysis) is 1. The SMILES string of the molecule is CCC(CCNC(=O)OCc1ccccc1)CCC(=O)OCl. The molecule has 1 N–H and O–H groups in total. The van der Waals surface area contributed by atoms with E-state index in [1.54, 1.807) is 0 Å². The molecule has 6 heteroatoms. The zero-order valence-electron chi connectivity index (χ0n) is 12.7. The summed E-state index contributed by atoms with van der Waals surface area (Å²) in [5.41, 5.74) is 0.948. The Morgan fingerprint density at radius 2 is 1.95 bits per heavy atom. The Balaban J connectivity index is 2.16. The fourth-order valence-electron chi connectivity index (χ4n) is 2.07. The third-order valence-electron chi connectivity index (χ3n) is 3.45. The Kier molecular flexibility index (Phi) is 9.07. The van der Waals surface area contributed by atoms with E-state index in [2.05, 4.69) is 9.61 Å². The summed E-state index contributed by atoms with van der Waals surface area (Å²) in [6.07, 6.45) is 2.27. The second-order valence-electron chi connectivity index (χ2n) is 5.04. The van der Waals surface area contributed by atoms with Crippen LogP contribution < -0.4 is 5.32 Å². The van der Waals surface area contributed by atoms with Crippen LogP contribution in [0.4, 0.5) is 4.79 Å². The molecule has 0 aliphatic carbocycles. The number of carbonyl (C=O) groups is 2. The van der Waals surface area contributed by atoms with Crippen LogP contribution in [0.15, 0.2) is 30.3 Å². The molecule has 0 saturated heterocycles. The van der Waals surface area contributed by atoms with Crippen LogP contribution in [0.1, 0.15) is 38.2 Å². The highest BCUT2D eigenvalue weighted by atomic mass is 35.5. The maximum atomic E-state index is 11.6. The molecular weight excluding hydrogens is 306 g/mol. The van der Waals surface area contributed by atoms with E-state index in [9.17, 15) is 9.59 Å². The van der Waals surface area contributed by atoms with Crippen molar-refractivity contribution < 1.29 is 18.6 Å². The predicted molar refractivity (Wildman–Crippen MR) is 84.2 cm³/mol. The van der Waals surface area contributed by atoms with Gasteiger partial charge in [-0.1, -0.05) is 43.7 Å². The van der Waals surface area contributed by atoms with Gasteiger partial charge in [0.1, 0.15) is 18.5 Å². The molecule has 0 fully saturated rings. The van der Waals surface area contributed by atoms with Crippen molar-refractivity contribution in [3.05, 3.63) is 35.9 Å². The van der Waals surface area contributed by atoms with Gasteiger partial charge in [0.15, 0.2) is 0 Å². The average molecular weight is 328 g/mol. The summed E-state index contributed by atoms with van der Waals surface area (Å²) in [4.78, 5) is 22.6. The van der Waals surface area contributed by atoms with Gasteiger partial charge in [0.2, 0.25) is 0 Å². The monoisotopic (exact) mass is 327 g/mol. The normalized spacial score (nSPS) is 11.5. The first-order valence-corrected chi connectivity index (χ1v) is 7.72. The van der Waals surface area contributed by atoms with E-state index in [-0.39, 0.29) is 6.61 Å². The summed E-state index contributed by atoms with van der Waals surface area (Å²) in [6, 6.07) is 9.50. The molecule has 1 rings (SSSR count). The van der Waals surface area contributed by atoms with Crippen LogP contribution in [0.25, 0.3) is 0 Å². The minimum atomic E-state index is -0.432. The zero-order valence-corrected chi connectivity index (χ0v) is 13.5. The maximum absolute atomic E-state index is 11.6. The second kappa shape index (κ2) is 10.9. The van der Waals surface area contributed by atoms with Gasteiger partial charge in [-0.05, 0) is 24.3 Å². The number of halogens is 1. The molecule has 1 aromatic rings. The van der Waals surface area contributed by atoms with E-state index in [0.717, 1.165) is 18.4 Å². The van der Waals surface area contributed by atoms with Crippen molar-refractivity contribution in [2.24, 2.45) is 5.92 Å². The number of benzene rings is 1. The summed E-state index contributed by atoms with van der Waals surface area (Å²) in [5.74, 6) is -0.0828. The number of hydrogen-bond donors (Lipinski definition) is 1. The van der Waals surface area contributed by atoms with Crippen molar-refractivity contribution in [1.29, 1.82) is 0 Å². The van der Waals surface area contributed by atoms with E-state index in [1.807, 2.05) is 37.3 Å². The number of nitrogens with one attached hydrogen (secondary N) is 1. The van der Waals surface area contributed by atoms with Crippen molar-refractivity contribution in [2.75, 3.05) is 6.54 Å². The molecule has 0 aliphatic rings. The standard InChI is InChI=1S/C16H22ClNO4/c1-2-13(8-9-15(19)22-17)10-11-18-16(20)21-12-14-6-4-3-5-7-14/h3-7,13H,2,8-12H2,1H3,(H,18,20). The molecule has 122 valence electrons. The second-order valence-corrected chi connectivity index (χ2v) is 5.19. The molecule has 1 atom stereocenters. The molecule has 1 unspecified atom stereocenters. The Morgan fingerprint density at radius 3 is 2.59 bits per heavy atom. The highest BCUT2D eigenvalue weighted by Crippen LogP contribution is 2.15. The van der Waals surface area contributed by atoms with Crippen molar-refractivity contribution in [1.82, 2.24) is 5.32 Å². The van der Waals surface area contributed by atoms with E-state index in [4.69, 9.17) is 16.6 Å². The highest BCUT2D eigenvalue weighted by molar-refractivity contribution is 6.13. The first kappa shape index (κ1) is 18.3. The number of hydrogen-bond acceptors (Lipinski definition) is 4. The van der Waals surface area contributed by atoms with Crippen molar-refractivity contribution in [3.8, 4) is 0 Å². The lowest BCUT2D eigenvalue weighted by molar-refractivity contribution is -0.134. The Bertz CT molecular complexity index is 453. The quantitative estimate of drug-likeness (QED) is 0.749. The number of rotatable bonds is 9. The van der Waals surface area contributed by atoms with E-state index in [1.165, 1.54) is 0 Å². The topological polar surface area (TPSA) is 64.6 Å². The van der Waals surface area contributed by atoms with Gasteiger partial charge in [0, 0.05) is 13.0 Å². The van der Waals surface area contributed by atoms with Gasteiger partial charge >= 0.3 is 12.1 Å². The molecule has 0 bridgehead atoms.